The summed E-state index contributed by atoms with van der Waals surface area (Å²) >= 11 is 0. The topological polar surface area (TPSA) is 82.4 Å². The van der Waals surface area contributed by atoms with Crippen molar-refractivity contribution in [1.29, 1.82) is 0 Å². The molecule has 0 saturated carbocycles. The number of ether oxygens (including phenoxy) is 2. The lowest BCUT2D eigenvalue weighted by atomic mass is 10.1. The Bertz CT molecular complexity index is 1150. The van der Waals surface area contributed by atoms with E-state index in [1.165, 1.54) is 38.5 Å². The molecule has 3 aromatic rings. The summed E-state index contributed by atoms with van der Waals surface area (Å²) < 4.78 is 24.8. The van der Waals surface area contributed by atoms with Crippen molar-refractivity contribution < 1.29 is 23.5 Å². The van der Waals surface area contributed by atoms with Crippen LogP contribution in [0.15, 0.2) is 48.5 Å². The van der Waals surface area contributed by atoms with E-state index in [4.69, 9.17) is 9.47 Å². The Balaban J connectivity index is 1.83. The van der Waals surface area contributed by atoms with Crippen molar-refractivity contribution in [3.8, 4) is 11.4 Å². The summed E-state index contributed by atoms with van der Waals surface area (Å²) in [5, 5.41) is 7.16. The molecular weight excluding hydrogens is 401 g/mol. The van der Waals surface area contributed by atoms with Crippen LogP contribution in [0.2, 0.25) is 0 Å². The van der Waals surface area contributed by atoms with Crippen molar-refractivity contribution in [1.82, 2.24) is 9.78 Å². The molecule has 0 fully saturated rings. The Morgan fingerprint density at radius 1 is 1.10 bits per heavy atom. The van der Waals surface area contributed by atoms with E-state index in [0.717, 1.165) is 11.3 Å². The van der Waals surface area contributed by atoms with Crippen LogP contribution >= 0.6 is 0 Å². The quantitative estimate of drug-likeness (QED) is 0.477. The SMILES string of the molecule is COC(=O)c1cc(OC)ccc1NC(=O)/C=C/c1c(C)nn(-c2ccc(F)cc2)c1C. The molecule has 2 aromatic carbocycles. The maximum Gasteiger partial charge on any atom is 0.340 e. The van der Waals surface area contributed by atoms with E-state index in [1.807, 2.05) is 13.8 Å². The number of nitrogens with one attached hydrogen (secondary N) is 1. The van der Waals surface area contributed by atoms with Gasteiger partial charge in [0.1, 0.15) is 11.6 Å². The zero-order valence-electron chi connectivity index (χ0n) is 17.6. The number of halogens is 1. The van der Waals surface area contributed by atoms with Crippen LogP contribution in [0.25, 0.3) is 11.8 Å². The summed E-state index contributed by atoms with van der Waals surface area (Å²) in [6, 6.07) is 10.7. The summed E-state index contributed by atoms with van der Waals surface area (Å²) in [7, 11) is 2.74. The van der Waals surface area contributed by atoms with Crippen molar-refractivity contribution in [3.63, 3.8) is 0 Å². The highest BCUT2D eigenvalue weighted by Gasteiger charge is 2.15. The fraction of sp³-hybridized carbons (Fsp3) is 0.174. The van der Waals surface area contributed by atoms with Gasteiger partial charge in [0.15, 0.2) is 0 Å². The summed E-state index contributed by atoms with van der Waals surface area (Å²) in [5.41, 5.74) is 3.48. The van der Waals surface area contributed by atoms with Crippen molar-refractivity contribution in [2.75, 3.05) is 19.5 Å². The largest absolute Gasteiger partial charge is 0.497 e. The molecule has 0 unspecified atom stereocenters. The molecule has 0 saturated heterocycles. The second-order valence-electron chi connectivity index (χ2n) is 6.70. The van der Waals surface area contributed by atoms with Crippen LogP contribution in [0.1, 0.15) is 27.3 Å². The van der Waals surface area contributed by atoms with Gasteiger partial charge >= 0.3 is 5.97 Å². The van der Waals surface area contributed by atoms with Crippen LogP contribution in [0.4, 0.5) is 10.1 Å². The van der Waals surface area contributed by atoms with Gasteiger partial charge in [-0.1, -0.05) is 0 Å². The molecule has 0 aliphatic rings. The van der Waals surface area contributed by atoms with E-state index in [0.29, 0.717) is 22.8 Å². The third-order valence-electron chi connectivity index (χ3n) is 4.71. The monoisotopic (exact) mass is 423 g/mol. The normalized spacial score (nSPS) is 10.9. The van der Waals surface area contributed by atoms with Crippen molar-refractivity contribution in [2.24, 2.45) is 0 Å². The number of esters is 1. The molecule has 0 aliphatic carbocycles. The Labute approximate surface area is 179 Å². The average molecular weight is 423 g/mol. The fourth-order valence-corrected chi connectivity index (χ4v) is 3.10. The lowest BCUT2D eigenvalue weighted by Gasteiger charge is -2.10. The van der Waals surface area contributed by atoms with Crippen LogP contribution < -0.4 is 10.1 Å². The standard InChI is InChI=1S/C23H22FN3O4/c1-14-19(15(2)27(26-14)17-7-5-16(24)6-8-17)10-12-22(28)25-21-11-9-18(30-3)13-20(21)23(29)31-4/h5-13H,1-4H3,(H,25,28)/b12-10+. The molecule has 160 valence electrons. The minimum Gasteiger partial charge on any atom is -0.497 e. The summed E-state index contributed by atoms with van der Waals surface area (Å²) in [4.78, 5) is 24.5. The lowest BCUT2D eigenvalue weighted by Crippen LogP contribution is -2.13. The van der Waals surface area contributed by atoms with Gasteiger partial charge in [-0.15, -0.1) is 0 Å². The summed E-state index contributed by atoms with van der Waals surface area (Å²) in [5.74, 6) is -0.880. The van der Waals surface area contributed by atoms with Gasteiger partial charge in [0, 0.05) is 17.3 Å². The molecule has 7 nitrogen and oxygen atoms in total. The summed E-state index contributed by atoms with van der Waals surface area (Å²) in [6.45, 7) is 3.68. The third kappa shape index (κ3) is 4.80. The maximum atomic E-state index is 13.2. The first-order chi connectivity index (χ1) is 14.8. The van der Waals surface area contributed by atoms with Gasteiger partial charge < -0.3 is 14.8 Å². The molecule has 0 aliphatic heterocycles. The minimum atomic E-state index is -0.592. The second kappa shape index (κ2) is 9.25. The number of anilines is 1. The molecule has 8 heteroatoms. The predicted molar refractivity (Wildman–Crippen MR) is 115 cm³/mol. The van der Waals surface area contributed by atoms with E-state index in [-0.39, 0.29) is 11.4 Å². The zero-order chi connectivity index (χ0) is 22.5. The number of hydrogen-bond acceptors (Lipinski definition) is 5. The Kier molecular flexibility index (Phi) is 6.49. The fourth-order valence-electron chi connectivity index (χ4n) is 3.10. The van der Waals surface area contributed by atoms with E-state index >= 15 is 0 Å². The van der Waals surface area contributed by atoms with Gasteiger partial charge in [-0.2, -0.15) is 5.10 Å². The highest BCUT2D eigenvalue weighted by Crippen LogP contribution is 2.23. The van der Waals surface area contributed by atoms with Crippen LogP contribution in [-0.2, 0) is 9.53 Å². The number of rotatable bonds is 6. The van der Waals surface area contributed by atoms with Crippen LogP contribution in [0.3, 0.4) is 0 Å². The van der Waals surface area contributed by atoms with Gasteiger partial charge in [-0.05, 0) is 62.4 Å². The molecule has 1 heterocycles. The first-order valence-corrected chi connectivity index (χ1v) is 9.41. The highest BCUT2D eigenvalue weighted by molar-refractivity contribution is 6.06. The number of aryl methyl sites for hydroxylation is 1. The lowest BCUT2D eigenvalue weighted by molar-refractivity contribution is -0.111. The Hall–Kier alpha value is -3.94. The first kappa shape index (κ1) is 21.8. The predicted octanol–water partition coefficient (Wildman–Crippen LogP) is 4.08. The van der Waals surface area contributed by atoms with Gasteiger partial charge in [0.2, 0.25) is 5.91 Å². The number of amides is 1. The molecular formula is C23H22FN3O4. The van der Waals surface area contributed by atoms with Crippen LogP contribution in [0, 0.1) is 19.7 Å². The van der Waals surface area contributed by atoms with Gasteiger partial charge in [0.25, 0.3) is 0 Å². The number of hydrogen-bond donors (Lipinski definition) is 1. The maximum absolute atomic E-state index is 13.2. The van der Waals surface area contributed by atoms with Crippen molar-refractivity contribution in [2.45, 2.75) is 13.8 Å². The van der Waals surface area contributed by atoms with Crippen LogP contribution in [0.5, 0.6) is 5.75 Å². The number of carbonyl (C=O) groups is 2. The molecule has 1 aromatic heterocycles. The Morgan fingerprint density at radius 2 is 1.81 bits per heavy atom. The molecule has 31 heavy (non-hydrogen) atoms. The zero-order valence-corrected chi connectivity index (χ0v) is 17.6. The molecule has 1 amide bonds. The minimum absolute atomic E-state index is 0.181. The van der Waals surface area contributed by atoms with E-state index in [9.17, 15) is 14.0 Å². The van der Waals surface area contributed by atoms with Gasteiger partial charge in [-0.25, -0.2) is 13.9 Å². The first-order valence-electron chi connectivity index (χ1n) is 9.41. The highest BCUT2D eigenvalue weighted by atomic mass is 19.1. The third-order valence-corrected chi connectivity index (χ3v) is 4.71. The van der Waals surface area contributed by atoms with E-state index in [2.05, 4.69) is 10.4 Å². The second-order valence-corrected chi connectivity index (χ2v) is 6.70. The number of carbonyl (C=O) groups excluding carboxylic acids is 2. The molecule has 0 spiro atoms. The van der Waals surface area contributed by atoms with Crippen molar-refractivity contribution >= 4 is 23.6 Å². The molecule has 0 bridgehead atoms. The van der Waals surface area contributed by atoms with Gasteiger partial charge in [-0.3, -0.25) is 4.79 Å². The van der Waals surface area contributed by atoms with Gasteiger partial charge in [0.05, 0.1) is 36.9 Å². The number of nitrogens with zero attached hydrogens (tertiary/aromatic N) is 2. The molecule has 3 rings (SSSR count). The summed E-state index contributed by atoms with van der Waals surface area (Å²) in [6.07, 6.45) is 3.01. The number of benzene rings is 2. The van der Waals surface area contributed by atoms with E-state index in [1.54, 1.807) is 35.0 Å². The molecule has 1 N–H and O–H groups in total. The van der Waals surface area contributed by atoms with Crippen molar-refractivity contribution in [3.05, 3.63) is 76.9 Å². The van der Waals surface area contributed by atoms with Crippen LogP contribution in [-0.4, -0.2) is 35.9 Å². The average Bonchev–Trinajstić information content (AvgIpc) is 3.05. The number of aromatic nitrogens is 2. The molecule has 0 atom stereocenters. The van der Waals surface area contributed by atoms with E-state index < -0.39 is 11.9 Å². The number of methoxy groups -OCH3 is 2. The smallest absolute Gasteiger partial charge is 0.340 e. The molecule has 0 radical (unpaired) electrons. The Morgan fingerprint density at radius 3 is 2.45 bits per heavy atom.